The number of hydrogen-bond acceptors (Lipinski definition) is 3. The molecule has 1 aliphatic rings. The molecule has 2 rings (SSSR count). The van der Waals surface area contributed by atoms with Gasteiger partial charge in [-0.25, -0.2) is 5.01 Å². The number of rotatable bonds is 4. The van der Waals surface area contributed by atoms with Gasteiger partial charge in [0.2, 0.25) is 0 Å². The molecule has 0 aromatic heterocycles. The first-order valence-corrected chi connectivity index (χ1v) is 7.82. The Bertz CT molecular complexity index is 403. The van der Waals surface area contributed by atoms with Crippen molar-refractivity contribution in [2.24, 2.45) is 0 Å². The van der Waals surface area contributed by atoms with Gasteiger partial charge in [-0.2, -0.15) is 0 Å². The summed E-state index contributed by atoms with van der Waals surface area (Å²) in [5, 5.41) is 12.5. The lowest BCUT2D eigenvalue weighted by molar-refractivity contribution is 0.0262. The maximum atomic E-state index is 10.2. The van der Waals surface area contributed by atoms with Crippen LogP contribution in [0.1, 0.15) is 44.8 Å². The zero-order valence-electron chi connectivity index (χ0n) is 11.6. The van der Waals surface area contributed by atoms with Crippen molar-refractivity contribution in [3.8, 4) is 0 Å². The highest BCUT2D eigenvalue weighted by Gasteiger charge is 2.24. The molecule has 0 radical (unpaired) electrons. The molecule has 1 saturated heterocycles. The summed E-state index contributed by atoms with van der Waals surface area (Å²) in [4.78, 5) is 0. The second-order valence-corrected chi connectivity index (χ2v) is 6.38. The quantitative estimate of drug-likeness (QED) is 0.891. The first-order valence-electron chi connectivity index (χ1n) is 7.03. The van der Waals surface area contributed by atoms with Crippen molar-refractivity contribution in [3.63, 3.8) is 0 Å². The predicted octanol–water partition coefficient (Wildman–Crippen LogP) is 3.25. The molecule has 0 bridgehead atoms. The van der Waals surface area contributed by atoms with Crippen LogP contribution in [0, 0.1) is 0 Å². The van der Waals surface area contributed by atoms with Crippen LogP contribution in [0.2, 0.25) is 0 Å². The van der Waals surface area contributed by atoms with Crippen LogP contribution in [-0.2, 0) is 0 Å². The van der Waals surface area contributed by atoms with Gasteiger partial charge in [0, 0.05) is 23.1 Å². The Morgan fingerprint density at radius 2 is 2.05 bits per heavy atom. The van der Waals surface area contributed by atoms with Crippen molar-refractivity contribution in [1.29, 1.82) is 0 Å². The number of halogens is 1. The highest BCUT2D eigenvalue weighted by molar-refractivity contribution is 9.10. The Morgan fingerprint density at radius 3 is 2.68 bits per heavy atom. The van der Waals surface area contributed by atoms with Gasteiger partial charge in [-0.05, 0) is 44.4 Å². The maximum absolute atomic E-state index is 10.2. The van der Waals surface area contributed by atoms with E-state index in [-0.39, 0.29) is 0 Å². The fourth-order valence-electron chi connectivity index (χ4n) is 2.76. The zero-order valence-corrected chi connectivity index (χ0v) is 13.2. The molecule has 0 amide bonds. The minimum absolute atomic E-state index is 0.473. The number of benzene rings is 1. The van der Waals surface area contributed by atoms with E-state index in [9.17, 15) is 5.11 Å². The summed E-state index contributed by atoms with van der Waals surface area (Å²) in [6.07, 6.45) is 3.28. The summed E-state index contributed by atoms with van der Waals surface area (Å²) in [6, 6.07) is 8.93. The standard InChI is InChI=1S/C15H23BrN2O/c1-11-5-3-6-12(2)18(11)17-10-15(19)13-7-4-8-14(16)9-13/h4,7-9,11-12,15,17,19H,3,5-6,10H2,1-2H3. The summed E-state index contributed by atoms with van der Waals surface area (Å²) in [5.74, 6) is 0. The van der Waals surface area contributed by atoms with Crippen LogP contribution >= 0.6 is 15.9 Å². The number of hydrogen-bond donors (Lipinski definition) is 2. The zero-order chi connectivity index (χ0) is 13.8. The number of aliphatic hydroxyl groups is 1. The molecule has 0 saturated carbocycles. The second kappa shape index (κ2) is 6.84. The van der Waals surface area contributed by atoms with Gasteiger partial charge in [-0.3, -0.25) is 5.43 Å². The topological polar surface area (TPSA) is 35.5 Å². The number of piperidine rings is 1. The maximum Gasteiger partial charge on any atom is 0.0928 e. The van der Waals surface area contributed by atoms with E-state index in [1.54, 1.807) is 0 Å². The third kappa shape index (κ3) is 4.02. The van der Waals surface area contributed by atoms with Gasteiger partial charge in [0.1, 0.15) is 0 Å². The molecule has 0 aliphatic carbocycles. The average Bonchev–Trinajstić information content (AvgIpc) is 2.38. The molecule has 3 unspecified atom stereocenters. The molecule has 106 valence electrons. The van der Waals surface area contributed by atoms with Gasteiger partial charge < -0.3 is 5.11 Å². The third-order valence-electron chi connectivity index (χ3n) is 3.89. The van der Waals surface area contributed by atoms with E-state index in [1.807, 2.05) is 24.3 Å². The highest BCUT2D eigenvalue weighted by Crippen LogP contribution is 2.22. The first kappa shape index (κ1) is 15.0. The molecule has 3 atom stereocenters. The van der Waals surface area contributed by atoms with Gasteiger partial charge in [-0.15, -0.1) is 0 Å². The Kier molecular flexibility index (Phi) is 5.39. The van der Waals surface area contributed by atoms with Crippen molar-refractivity contribution in [3.05, 3.63) is 34.3 Å². The second-order valence-electron chi connectivity index (χ2n) is 5.47. The van der Waals surface area contributed by atoms with Gasteiger partial charge in [0.15, 0.2) is 0 Å². The van der Waals surface area contributed by atoms with Crippen molar-refractivity contribution < 1.29 is 5.11 Å². The van der Waals surface area contributed by atoms with E-state index in [2.05, 4.69) is 40.2 Å². The van der Waals surface area contributed by atoms with Crippen molar-refractivity contribution in [2.75, 3.05) is 6.54 Å². The SMILES string of the molecule is CC1CCCC(C)N1NCC(O)c1cccc(Br)c1. The largest absolute Gasteiger partial charge is 0.387 e. The fraction of sp³-hybridized carbons (Fsp3) is 0.600. The molecule has 4 heteroatoms. The third-order valence-corrected chi connectivity index (χ3v) is 4.39. The van der Waals surface area contributed by atoms with Crippen molar-refractivity contribution in [1.82, 2.24) is 10.4 Å². The lowest BCUT2D eigenvalue weighted by atomic mass is 10.00. The van der Waals surface area contributed by atoms with Crippen LogP contribution in [0.3, 0.4) is 0 Å². The van der Waals surface area contributed by atoms with Crippen LogP contribution < -0.4 is 5.43 Å². The molecule has 0 spiro atoms. The normalized spacial score (nSPS) is 26.3. The van der Waals surface area contributed by atoms with E-state index in [0.717, 1.165) is 10.0 Å². The summed E-state index contributed by atoms with van der Waals surface area (Å²) in [6.45, 7) is 5.05. The molecule has 1 fully saturated rings. The summed E-state index contributed by atoms with van der Waals surface area (Å²) in [7, 11) is 0. The Hall–Kier alpha value is -0.420. The Balaban J connectivity index is 1.90. The molecular formula is C15H23BrN2O. The fourth-order valence-corrected chi connectivity index (χ4v) is 3.17. The van der Waals surface area contributed by atoms with Crippen LogP contribution in [-0.4, -0.2) is 28.7 Å². The molecule has 1 aromatic carbocycles. The van der Waals surface area contributed by atoms with Gasteiger partial charge in [0.25, 0.3) is 0 Å². The van der Waals surface area contributed by atoms with E-state index >= 15 is 0 Å². The smallest absolute Gasteiger partial charge is 0.0928 e. The van der Waals surface area contributed by atoms with E-state index in [1.165, 1.54) is 19.3 Å². The number of aliphatic hydroxyl groups excluding tert-OH is 1. The Morgan fingerprint density at radius 1 is 1.37 bits per heavy atom. The summed E-state index contributed by atoms with van der Waals surface area (Å²) < 4.78 is 1.00. The van der Waals surface area contributed by atoms with Gasteiger partial charge in [-0.1, -0.05) is 34.5 Å². The summed E-state index contributed by atoms with van der Waals surface area (Å²) in [5.41, 5.74) is 4.35. The molecule has 1 aromatic rings. The number of nitrogens with zero attached hydrogens (tertiary/aromatic N) is 1. The lowest BCUT2D eigenvalue weighted by Crippen LogP contribution is -2.52. The Labute approximate surface area is 124 Å². The van der Waals surface area contributed by atoms with E-state index < -0.39 is 6.10 Å². The minimum atomic E-state index is -0.473. The van der Waals surface area contributed by atoms with Crippen LogP contribution in [0.25, 0.3) is 0 Å². The van der Waals surface area contributed by atoms with Crippen LogP contribution in [0.5, 0.6) is 0 Å². The van der Waals surface area contributed by atoms with Gasteiger partial charge >= 0.3 is 0 Å². The summed E-state index contributed by atoms with van der Waals surface area (Å²) >= 11 is 3.44. The van der Waals surface area contributed by atoms with Gasteiger partial charge in [0.05, 0.1) is 6.10 Å². The number of nitrogens with one attached hydrogen (secondary N) is 1. The predicted molar refractivity (Wildman–Crippen MR) is 81.7 cm³/mol. The molecule has 3 nitrogen and oxygen atoms in total. The van der Waals surface area contributed by atoms with E-state index in [4.69, 9.17) is 0 Å². The molecule has 19 heavy (non-hydrogen) atoms. The van der Waals surface area contributed by atoms with Crippen molar-refractivity contribution in [2.45, 2.75) is 51.3 Å². The molecule has 2 N–H and O–H groups in total. The molecule has 1 heterocycles. The average molecular weight is 327 g/mol. The van der Waals surface area contributed by atoms with Crippen molar-refractivity contribution >= 4 is 15.9 Å². The number of hydrazine groups is 1. The van der Waals surface area contributed by atoms with Crippen LogP contribution in [0.15, 0.2) is 28.7 Å². The first-order chi connectivity index (χ1) is 9.08. The van der Waals surface area contributed by atoms with E-state index in [0.29, 0.717) is 18.6 Å². The minimum Gasteiger partial charge on any atom is -0.387 e. The molecule has 1 aliphatic heterocycles. The monoisotopic (exact) mass is 326 g/mol. The lowest BCUT2D eigenvalue weighted by Gasteiger charge is -2.39. The molecular weight excluding hydrogens is 304 g/mol. The van der Waals surface area contributed by atoms with Crippen LogP contribution in [0.4, 0.5) is 0 Å². The highest BCUT2D eigenvalue weighted by atomic mass is 79.9.